The molecule has 0 amide bonds. The molecule has 6 nitrogen and oxygen atoms in total. The van der Waals surface area contributed by atoms with E-state index in [1.807, 2.05) is 19.1 Å². The summed E-state index contributed by atoms with van der Waals surface area (Å²) in [6.07, 6.45) is 1.24. The molecule has 0 bridgehead atoms. The second kappa shape index (κ2) is 5.78. The lowest BCUT2D eigenvalue weighted by Crippen LogP contribution is -2.14. The quantitative estimate of drug-likeness (QED) is 0.576. The Morgan fingerprint density at radius 2 is 2.00 bits per heavy atom. The fourth-order valence-electron chi connectivity index (χ4n) is 1.53. The van der Waals surface area contributed by atoms with Crippen molar-refractivity contribution in [3.8, 4) is 0 Å². The van der Waals surface area contributed by atoms with E-state index in [0.717, 1.165) is 5.56 Å². The third-order valence-electron chi connectivity index (χ3n) is 2.56. The lowest BCUT2D eigenvalue weighted by Gasteiger charge is -2.10. The van der Waals surface area contributed by atoms with Crippen LogP contribution in [0.2, 0.25) is 0 Å². The van der Waals surface area contributed by atoms with Gasteiger partial charge in [0, 0.05) is 10.7 Å². The number of hydrogen-bond donors (Lipinski definition) is 3. The molecule has 0 atom stereocenters. The van der Waals surface area contributed by atoms with Crippen LogP contribution in [0.15, 0.2) is 45.9 Å². The highest BCUT2D eigenvalue weighted by molar-refractivity contribution is 9.10. The van der Waals surface area contributed by atoms with Crippen molar-refractivity contribution in [1.29, 1.82) is 0 Å². The summed E-state index contributed by atoms with van der Waals surface area (Å²) in [5, 5.41) is 0. The average molecular weight is 357 g/mol. The summed E-state index contributed by atoms with van der Waals surface area (Å²) >= 11 is 3.33. The van der Waals surface area contributed by atoms with Gasteiger partial charge >= 0.3 is 0 Å². The number of aryl methyl sites for hydroxylation is 1. The SMILES string of the molecule is Cc1ccc(NS(=O)(=O)c2ccc(NN)nc2)c(Br)c1. The second-order valence-corrected chi connectivity index (χ2v) is 6.65. The van der Waals surface area contributed by atoms with Gasteiger partial charge in [0.2, 0.25) is 0 Å². The number of halogens is 1. The molecule has 0 aliphatic heterocycles. The molecule has 2 aromatic rings. The molecule has 0 unspecified atom stereocenters. The third kappa shape index (κ3) is 3.27. The van der Waals surface area contributed by atoms with Crippen LogP contribution in [0.4, 0.5) is 11.5 Å². The van der Waals surface area contributed by atoms with Crippen LogP contribution >= 0.6 is 15.9 Å². The van der Waals surface area contributed by atoms with Crippen LogP contribution in [-0.2, 0) is 10.0 Å². The van der Waals surface area contributed by atoms with E-state index in [-0.39, 0.29) is 4.90 Å². The zero-order valence-electron chi connectivity index (χ0n) is 10.6. The Morgan fingerprint density at radius 3 is 2.55 bits per heavy atom. The van der Waals surface area contributed by atoms with E-state index in [0.29, 0.717) is 16.0 Å². The van der Waals surface area contributed by atoms with Gasteiger partial charge in [-0.15, -0.1) is 0 Å². The monoisotopic (exact) mass is 356 g/mol. The number of anilines is 2. The van der Waals surface area contributed by atoms with Crippen molar-refractivity contribution >= 4 is 37.5 Å². The maximum atomic E-state index is 12.2. The van der Waals surface area contributed by atoms with E-state index >= 15 is 0 Å². The third-order valence-corrected chi connectivity index (χ3v) is 4.57. The fraction of sp³-hybridized carbons (Fsp3) is 0.0833. The molecule has 0 fully saturated rings. The first-order chi connectivity index (χ1) is 9.42. The predicted molar refractivity (Wildman–Crippen MR) is 81.7 cm³/mol. The van der Waals surface area contributed by atoms with E-state index in [4.69, 9.17) is 5.84 Å². The number of hydrazine groups is 1. The number of rotatable bonds is 4. The van der Waals surface area contributed by atoms with Gasteiger partial charge < -0.3 is 5.43 Å². The normalized spacial score (nSPS) is 11.2. The molecule has 8 heteroatoms. The summed E-state index contributed by atoms with van der Waals surface area (Å²) in [7, 11) is -3.68. The van der Waals surface area contributed by atoms with Crippen LogP contribution < -0.4 is 16.0 Å². The maximum absolute atomic E-state index is 12.2. The van der Waals surface area contributed by atoms with Gasteiger partial charge in [0.25, 0.3) is 10.0 Å². The van der Waals surface area contributed by atoms with Gasteiger partial charge in [-0.1, -0.05) is 6.07 Å². The molecule has 0 radical (unpaired) electrons. The van der Waals surface area contributed by atoms with E-state index in [2.05, 4.69) is 31.1 Å². The zero-order valence-corrected chi connectivity index (χ0v) is 13.0. The van der Waals surface area contributed by atoms with E-state index in [1.165, 1.54) is 18.3 Å². The molecule has 1 aromatic carbocycles. The van der Waals surface area contributed by atoms with Gasteiger partial charge in [0.05, 0.1) is 5.69 Å². The minimum absolute atomic E-state index is 0.0592. The van der Waals surface area contributed by atoms with E-state index < -0.39 is 10.0 Å². The Labute approximate surface area is 125 Å². The first kappa shape index (κ1) is 14.8. The minimum atomic E-state index is -3.68. The van der Waals surface area contributed by atoms with Crippen molar-refractivity contribution in [3.63, 3.8) is 0 Å². The molecule has 20 heavy (non-hydrogen) atoms. The van der Waals surface area contributed by atoms with Gasteiger partial charge in [-0.2, -0.15) is 0 Å². The van der Waals surface area contributed by atoms with Crippen LogP contribution in [0.3, 0.4) is 0 Å². The van der Waals surface area contributed by atoms with Gasteiger partial charge in [-0.05, 0) is 52.7 Å². The van der Waals surface area contributed by atoms with Crippen molar-refractivity contribution in [1.82, 2.24) is 4.98 Å². The molecule has 0 aliphatic carbocycles. The van der Waals surface area contributed by atoms with Gasteiger partial charge in [0.1, 0.15) is 10.7 Å². The molecule has 0 saturated carbocycles. The van der Waals surface area contributed by atoms with Crippen LogP contribution in [0.5, 0.6) is 0 Å². The highest BCUT2D eigenvalue weighted by atomic mass is 79.9. The molecule has 106 valence electrons. The number of nitrogens with zero attached hydrogens (tertiary/aromatic N) is 1. The number of sulfonamides is 1. The second-order valence-electron chi connectivity index (χ2n) is 4.11. The first-order valence-corrected chi connectivity index (χ1v) is 7.91. The summed E-state index contributed by atoms with van der Waals surface area (Å²) in [5.41, 5.74) is 3.83. The number of nitrogen functional groups attached to an aromatic ring is 1. The number of hydrogen-bond acceptors (Lipinski definition) is 5. The predicted octanol–water partition coefficient (Wildman–Crippen LogP) is 2.24. The summed E-state index contributed by atoms with van der Waals surface area (Å²) in [6, 6.07) is 8.26. The number of pyridine rings is 1. The number of benzene rings is 1. The molecular weight excluding hydrogens is 344 g/mol. The van der Waals surface area contributed by atoms with Gasteiger partial charge in [-0.25, -0.2) is 19.2 Å². The van der Waals surface area contributed by atoms with Crippen molar-refractivity contribution in [2.75, 3.05) is 10.1 Å². The molecule has 2 rings (SSSR count). The molecular formula is C12H13BrN4O2S. The summed E-state index contributed by atoms with van der Waals surface area (Å²) < 4.78 is 27.6. The molecule has 0 aliphatic rings. The van der Waals surface area contributed by atoms with Crippen molar-refractivity contribution in [2.45, 2.75) is 11.8 Å². The number of aromatic nitrogens is 1. The van der Waals surface area contributed by atoms with Crippen LogP contribution in [0, 0.1) is 6.92 Å². The standard InChI is InChI=1S/C12H13BrN4O2S/c1-8-2-4-11(10(13)6-8)17-20(18,19)9-3-5-12(16-14)15-7-9/h2-7,17H,14H2,1H3,(H,15,16). The summed E-state index contributed by atoms with van der Waals surface area (Å²) in [4.78, 5) is 3.93. The first-order valence-electron chi connectivity index (χ1n) is 5.64. The van der Waals surface area contributed by atoms with Crippen LogP contribution in [0.25, 0.3) is 0 Å². The molecule has 1 aromatic heterocycles. The highest BCUT2D eigenvalue weighted by Crippen LogP contribution is 2.26. The van der Waals surface area contributed by atoms with Crippen molar-refractivity contribution in [3.05, 3.63) is 46.6 Å². The van der Waals surface area contributed by atoms with Gasteiger partial charge in [-0.3, -0.25) is 4.72 Å². The van der Waals surface area contributed by atoms with Crippen molar-refractivity contribution in [2.24, 2.45) is 5.84 Å². The average Bonchev–Trinajstić information content (AvgIpc) is 2.42. The Hall–Kier alpha value is -1.64. The fourth-order valence-corrected chi connectivity index (χ4v) is 3.28. The molecule has 1 heterocycles. The Kier molecular flexibility index (Phi) is 4.26. The van der Waals surface area contributed by atoms with Crippen LogP contribution in [0.1, 0.15) is 5.56 Å². The number of nitrogens with two attached hydrogens (primary N) is 1. The topological polar surface area (TPSA) is 97.1 Å². The molecule has 4 N–H and O–H groups in total. The maximum Gasteiger partial charge on any atom is 0.263 e. The van der Waals surface area contributed by atoms with Crippen LogP contribution in [-0.4, -0.2) is 13.4 Å². The number of nitrogens with one attached hydrogen (secondary N) is 2. The van der Waals surface area contributed by atoms with E-state index in [9.17, 15) is 8.42 Å². The largest absolute Gasteiger partial charge is 0.308 e. The van der Waals surface area contributed by atoms with E-state index in [1.54, 1.807) is 6.07 Å². The lowest BCUT2D eigenvalue weighted by atomic mass is 10.2. The van der Waals surface area contributed by atoms with Gasteiger partial charge in [0.15, 0.2) is 0 Å². The smallest absolute Gasteiger partial charge is 0.263 e. The molecule has 0 spiro atoms. The zero-order chi connectivity index (χ0) is 14.8. The summed E-state index contributed by atoms with van der Waals surface area (Å²) in [6.45, 7) is 1.92. The van der Waals surface area contributed by atoms with Crippen molar-refractivity contribution < 1.29 is 8.42 Å². The Morgan fingerprint density at radius 1 is 1.25 bits per heavy atom. The Balaban J connectivity index is 2.30. The Bertz CT molecular complexity index is 717. The lowest BCUT2D eigenvalue weighted by molar-refractivity contribution is 0.601. The summed E-state index contributed by atoms with van der Waals surface area (Å²) in [5.74, 6) is 5.57. The molecule has 0 saturated heterocycles. The highest BCUT2D eigenvalue weighted by Gasteiger charge is 2.16. The minimum Gasteiger partial charge on any atom is -0.308 e.